The van der Waals surface area contributed by atoms with Crippen LogP contribution in [0.2, 0.25) is 0 Å². The predicted octanol–water partition coefficient (Wildman–Crippen LogP) is 0.598. The van der Waals surface area contributed by atoms with Crippen molar-refractivity contribution in [2.24, 2.45) is 5.41 Å². The van der Waals surface area contributed by atoms with Gasteiger partial charge in [0.05, 0.1) is 6.20 Å². The van der Waals surface area contributed by atoms with Crippen LogP contribution < -0.4 is 10.2 Å². The summed E-state index contributed by atoms with van der Waals surface area (Å²) in [7, 11) is 0. The Hall–Kier alpha value is -1.20. The maximum absolute atomic E-state index is 4.38. The standard InChI is InChI=1S/C14H23N5/c1-14(2-3-16-11-14)12-18-6-8-19(9-7-18)13-10-15-4-5-17-13/h4-5,10,16H,2-3,6-9,11-12H2,1H3. The summed E-state index contributed by atoms with van der Waals surface area (Å²) in [5, 5.41) is 3.48. The van der Waals surface area contributed by atoms with E-state index in [0.717, 1.165) is 38.5 Å². The van der Waals surface area contributed by atoms with Gasteiger partial charge in [-0.05, 0) is 18.4 Å². The molecule has 2 fully saturated rings. The molecule has 1 unspecified atom stereocenters. The van der Waals surface area contributed by atoms with Crippen LogP contribution in [0.3, 0.4) is 0 Å². The van der Waals surface area contributed by atoms with Crippen molar-refractivity contribution in [3.8, 4) is 0 Å². The van der Waals surface area contributed by atoms with Crippen LogP contribution in [0.25, 0.3) is 0 Å². The SMILES string of the molecule is CC1(CN2CCN(c3cnccn3)CC2)CCNC1. The predicted molar refractivity (Wildman–Crippen MR) is 76.3 cm³/mol. The molecule has 3 rings (SSSR count). The zero-order valence-corrected chi connectivity index (χ0v) is 11.7. The second-order valence-electron chi connectivity index (χ2n) is 6.06. The zero-order valence-electron chi connectivity index (χ0n) is 11.7. The highest BCUT2D eigenvalue weighted by Crippen LogP contribution is 2.26. The molecule has 2 aliphatic heterocycles. The first kappa shape index (κ1) is 12.8. The first-order valence-corrected chi connectivity index (χ1v) is 7.19. The van der Waals surface area contributed by atoms with E-state index in [1.807, 2.05) is 6.20 Å². The lowest BCUT2D eigenvalue weighted by atomic mass is 9.89. The van der Waals surface area contributed by atoms with Crippen molar-refractivity contribution in [1.29, 1.82) is 0 Å². The molecule has 2 saturated heterocycles. The molecule has 3 heterocycles. The summed E-state index contributed by atoms with van der Waals surface area (Å²) < 4.78 is 0. The Morgan fingerprint density at radius 3 is 2.74 bits per heavy atom. The lowest BCUT2D eigenvalue weighted by Gasteiger charge is -2.39. The van der Waals surface area contributed by atoms with E-state index in [1.165, 1.54) is 19.5 Å². The van der Waals surface area contributed by atoms with Crippen molar-refractivity contribution < 1.29 is 0 Å². The van der Waals surface area contributed by atoms with Gasteiger partial charge in [-0.3, -0.25) is 9.88 Å². The first-order chi connectivity index (χ1) is 9.25. The summed E-state index contributed by atoms with van der Waals surface area (Å²) >= 11 is 0. The Bertz CT molecular complexity index is 394. The molecule has 104 valence electrons. The van der Waals surface area contributed by atoms with Crippen molar-refractivity contribution in [3.63, 3.8) is 0 Å². The van der Waals surface area contributed by atoms with E-state index in [0.29, 0.717) is 5.41 Å². The third-order valence-electron chi connectivity index (χ3n) is 4.31. The van der Waals surface area contributed by atoms with Crippen molar-refractivity contribution in [2.75, 3.05) is 50.7 Å². The van der Waals surface area contributed by atoms with Crippen LogP contribution in [0.1, 0.15) is 13.3 Å². The number of nitrogens with one attached hydrogen (secondary N) is 1. The Balaban J connectivity index is 1.52. The molecular weight excluding hydrogens is 238 g/mol. The summed E-state index contributed by atoms with van der Waals surface area (Å²) in [6, 6.07) is 0. The molecule has 0 spiro atoms. The molecule has 0 amide bonds. The van der Waals surface area contributed by atoms with Crippen LogP contribution >= 0.6 is 0 Å². The van der Waals surface area contributed by atoms with E-state index in [-0.39, 0.29) is 0 Å². The Kier molecular flexibility index (Phi) is 3.66. The number of hydrogen-bond acceptors (Lipinski definition) is 5. The van der Waals surface area contributed by atoms with E-state index in [4.69, 9.17) is 0 Å². The van der Waals surface area contributed by atoms with Gasteiger partial charge in [-0.2, -0.15) is 0 Å². The normalized spacial score (nSPS) is 28.8. The molecule has 0 radical (unpaired) electrons. The number of aromatic nitrogens is 2. The average molecular weight is 261 g/mol. The minimum atomic E-state index is 0.467. The fraction of sp³-hybridized carbons (Fsp3) is 0.714. The number of piperazine rings is 1. The molecule has 5 nitrogen and oxygen atoms in total. The molecule has 1 atom stereocenters. The fourth-order valence-electron chi connectivity index (χ4n) is 3.13. The van der Waals surface area contributed by atoms with Crippen LogP contribution in [0.15, 0.2) is 18.6 Å². The number of rotatable bonds is 3. The van der Waals surface area contributed by atoms with E-state index in [1.54, 1.807) is 12.4 Å². The molecule has 1 N–H and O–H groups in total. The third kappa shape index (κ3) is 3.04. The highest BCUT2D eigenvalue weighted by Gasteiger charge is 2.31. The van der Waals surface area contributed by atoms with Gasteiger partial charge in [-0.15, -0.1) is 0 Å². The van der Waals surface area contributed by atoms with Gasteiger partial charge >= 0.3 is 0 Å². The smallest absolute Gasteiger partial charge is 0.147 e. The fourth-order valence-corrected chi connectivity index (χ4v) is 3.13. The second kappa shape index (κ2) is 5.43. The minimum absolute atomic E-state index is 0.467. The Labute approximate surface area is 115 Å². The number of anilines is 1. The summed E-state index contributed by atoms with van der Waals surface area (Å²) in [5.41, 5.74) is 0.467. The maximum Gasteiger partial charge on any atom is 0.147 e. The topological polar surface area (TPSA) is 44.3 Å². The second-order valence-corrected chi connectivity index (χ2v) is 6.06. The Morgan fingerprint density at radius 2 is 2.11 bits per heavy atom. The van der Waals surface area contributed by atoms with Gasteiger partial charge in [0, 0.05) is 51.7 Å². The molecule has 1 aromatic rings. The monoisotopic (exact) mass is 261 g/mol. The third-order valence-corrected chi connectivity index (χ3v) is 4.31. The van der Waals surface area contributed by atoms with Gasteiger partial charge in [0.25, 0.3) is 0 Å². The van der Waals surface area contributed by atoms with Crippen LogP contribution in [-0.2, 0) is 0 Å². The van der Waals surface area contributed by atoms with Gasteiger partial charge in [0.2, 0.25) is 0 Å². The molecular formula is C14H23N5. The van der Waals surface area contributed by atoms with Crippen LogP contribution in [0.5, 0.6) is 0 Å². The van der Waals surface area contributed by atoms with Crippen LogP contribution in [-0.4, -0.2) is 60.7 Å². The van der Waals surface area contributed by atoms with Crippen molar-refractivity contribution in [2.45, 2.75) is 13.3 Å². The van der Waals surface area contributed by atoms with Gasteiger partial charge in [-0.25, -0.2) is 4.98 Å². The Morgan fingerprint density at radius 1 is 1.26 bits per heavy atom. The largest absolute Gasteiger partial charge is 0.353 e. The van der Waals surface area contributed by atoms with Gasteiger partial charge < -0.3 is 10.2 Å². The van der Waals surface area contributed by atoms with Crippen molar-refractivity contribution >= 4 is 5.82 Å². The molecule has 1 aromatic heterocycles. The number of nitrogens with zero attached hydrogens (tertiary/aromatic N) is 4. The molecule has 19 heavy (non-hydrogen) atoms. The first-order valence-electron chi connectivity index (χ1n) is 7.19. The highest BCUT2D eigenvalue weighted by atomic mass is 15.3. The van der Waals surface area contributed by atoms with Crippen molar-refractivity contribution in [3.05, 3.63) is 18.6 Å². The van der Waals surface area contributed by atoms with Gasteiger partial charge in [0.15, 0.2) is 0 Å². The van der Waals surface area contributed by atoms with E-state index in [2.05, 4.69) is 32.0 Å². The summed E-state index contributed by atoms with van der Waals surface area (Å²) in [4.78, 5) is 13.5. The summed E-state index contributed by atoms with van der Waals surface area (Å²) in [5.74, 6) is 1.01. The zero-order chi connectivity index (χ0) is 13.1. The molecule has 0 aliphatic carbocycles. The molecule has 0 bridgehead atoms. The quantitative estimate of drug-likeness (QED) is 0.863. The molecule has 0 saturated carbocycles. The number of hydrogen-bond donors (Lipinski definition) is 1. The van der Waals surface area contributed by atoms with Crippen LogP contribution in [0.4, 0.5) is 5.82 Å². The van der Waals surface area contributed by atoms with Crippen LogP contribution in [0, 0.1) is 5.41 Å². The summed E-state index contributed by atoms with van der Waals surface area (Å²) in [6.07, 6.45) is 6.66. The van der Waals surface area contributed by atoms with Gasteiger partial charge in [0.1, 0.15) is 5.82 Å². The minimum Gasteiger partial charge on any atom is -0.353 e. The molecule has 0 aromatic carbocycles. The van der Waals surface area contributed by atoms with E-state index < -0.39 is 0 Å². The maximum atomic E-state index is 4.38. The molecule has 5 heteroatoms. The van der Waals surface area contributed by atoms with Crippen molar-refractivity contribution in [1.82, 2.24) is 20.2 Å². The molecule has 2 aliphatic rings. The lowest BCUT2D eigenvalue weighted by molar-refractivity contribution is 0.169. The highest BCUT2D eigenvalue weighted by molar-refractivity contribution is 5.35. The van der Waals surface area contributed by atoms with E-state index in [9.17, 15) is 0 Å². The average Bonchev–Trinajstić information content (AvgIpc) is 2.87. The van der Waals surface area contributed by atoms with E-state index >= 15 is 0 Å². The lowest BCUT2D eigenvalue weighted by Crippen LogP contribution is -2.50. The van der Waals surface area contributed by atoms with Gasteiger partial charge in [-0.1, -0.05) is 6.92 Å². The summed E-state index contributed by atoms with van der Waals surface area (Å²) in [6.45, 7) is 10.3.